The van der Waals surface area contributed by atoms with Crippen molar-refractivity contribution < 1.29 is 19.1 Å². The number of aliphatic hydroxyl groups excluding tert-OH is 1. The molecule has 6 nitrogen and oxygen atoms in total. The summed E-state index contributed by atoms with van der Waals surface area (Å²) in [6.07, 6.45) is -1.35. The second-order valence-electron chi connectivity index (χ2n) is 6.04. The first kappa shape index (κ1) is 18.9. The third-order valence-electron chi connectivity index (χ3n) is 4.11. The van der Waals surface area contributed by atoms with Crippen molar-refractivity contribution in [1.29, 1.82) is 0 Å². The molecule has 0 bridgehead atoms. The van der Waals surface area contributed by atoms with Crippen molar-refractivity contribution in [2.45, 2.75) is 19.4 Å². The van der Waals surface area contributed by atoms with Gasteiger partial charge in [0.25, 0.3) is 0 Å². The normalized spacial score (nSPS) is 12.0. The van der Waals surface area contributed by atoms with Gasteiger partial charge in [0.15, 0.2) is 0 Å². The number of benzene rings is 2. The lowest BCUT2D eigenvalue weighted by Gasteiger charge is -2.11. The van der Waals surface area contributed by atoms with Gasteiger partial charge in [-0.3, -0.25) is 5.32 Å². The number of halogens is 1. The van der Waals surface area contributed by atoms with Gasteiger partial charge in [0.2, 0.25) is 0 Å². The first-order valence-corrected chi connectivity index (χ1v) is 8.85. The molecule has 0 saturated carbocycles. The van der Waals surface area contributed by atoms with E-state index in [4.69, 9.17) is 20.8 Å². The Labute approximate surface area is 160 Å². The van der Waals surface area contributed by atoms with Crippen LogP contribution < -0.4 is 15.7 Å². The highest BCUT2D eigenvalue weighted by Gasteiger charge is 2.15. The number of para-hydroxylation sites is 1. The molecule has 1 amide bonds. The monoisotopic (exact) mass is 387 g/mol. The second kappa shape index (κ2) is 8.24. The molecule has 1 aromatic heterocycles. The molecule has 1 unspecified atom stereocenters. The van der Waals surface area contributed by atoms with Gasteiger partial charge in [-0.05, 0) is 36.8 Å². The molecule has 27 heavy (non-hydrogen) atoms. The highest BCUT2D eigenvalue weighted by atomic mass is 35.5. The number of aliphatic hydroxyl groups is 1. The van der Waals surface area contributed by atoms with E-state index in [1.807, 2.05) is 6.07 Å². The lowest BCUT2D eigenvalue weighted by molar-refractivity contribution is 0.197. The Balaban J connectivity index is 1.84. The Bertz CT molecular complexity index is 1020. The van der Waals surface area contributed by atoms with Gasteiger partial charge < -0.3 is 14.3 Å². The lowest BCUT2D eigenvalue weighted by Crippen LogP contribution is -2.20. The van der Waals surface area contributed by atoms with Crippen LogP contribution in [-0.2, 0) is 6.42 Å². The number of alkyl halides is 1. The van der Waals surface area contributed by atoms with Crippen LogP contribution in [0, 0.1) is 6.92 Å². The zero-order valence-corrected chi connectivity index (χ0v) is 15.3. The predicted octanol–water partition coefficient (Wildman–Crippen LogP) is 3.85. The van der Waals surface area contributed by atoms with E-state index in [2.05, 4.69) is 5.32 Å². The van der Waals surface area contributed by atoms with Crippen LogP contribution in [-0.4, -0.2) is 23.2 Å². The molecular weight excluding hydrogens is 370 g/mol. The van der Waals surface area contributed by atoms with Crippen LogP contribution in [0.5, 0.6) is 5.75 Å². The summed E-state index contributed by atoms with van der Waals surface area (Å²) < 4.78 is 10.5. The number of aryl methyl sites for hydroxylation is 1. The summed E-state index contributed by atoms with van der Waals surface area (Å²) in [6, 6.07) is 13.6. The number of nitrogens with one attached hydrogen (secondary N) is 1. The van der Waals surface area contributed by atoms with Crippen molar-refractivity contribution in [2.24, 2.45) is 0 Å². The molecule has 1 heterocycles. The predicted molar refractivity (Wildman–Crippen MR) is 104 cm³/mol. The summed E-state index contributed by atoms with van der Waals surface area (Å²) in [7, 11) is 0. The number of ether oxygens (including phenoxy) is 1. The molecule has 1 atom stereocenters. The summed E-state index contributed by atoms with van der Waals surface area (Å²) in [5.74, 6) is 0.448. The van der Waals surface area contributed by atoms with Crippen LogP contribution >= 0.6 is 11.6 Å². The van der Waals surface area contributed by atoms with Gasteiger partial charge in [0, 0.05) is 35.0 Å². The van der Waals surface area contributed by atoms with E-state index in [9.17, 15) is 14.7 Å². The van der Waals surface area contributed by atoms with Crippen LogP contribution in [0.15, 0.2) is 57.7 Å². The molecule has 0 aliphatic heterocycles. The van der Waals surface area contributed by atoms with Gasteiger partial charge in [-0.15, -0.1) is 11.6 Å². The number of anilines is 1. The SMILES string of the molecule is Cc1c(CC(O)CCl)c(=O)oc2cc(NC(=O)Oc3ccccc3)ccc12. The van der Waals surface area contributed by atoms with Crippen molar-refractivity contribution in [3.63, 3.8) is 0 Å². The summed E-state index contributed by atoms with van der Waals surface area (Å²) >= 11 is 5.62. The van der Waals surface area contributed by atoms with Crippen molar-refractivity contribution >= 4 is 34.4 Å². The number of carbonyl (C=O) groups excluding carboxylic acids is 1. The van der Waals surface area contributed by atoms with E-state index in [1.54, 1.807) is 49.4 Å². The maximum Gasteiger partial charge on any atom is 0.417 e. The smallest absolute Gasteiger partial charge is 0.417 e. The molecule has 3 rings (SSSR count). The number of fused-ring (bicyclic) bond motifs is 1. The number of rotatable bonds is 5. The number of carbonyl (C=O) groups is 1. The molecule has 3 aromatic rings. The van der Waals surface area contributed by atoms with E-state index in [0.717, 1.165) is 0 Å². The van der Waals surface area contributed by atoms with E-state index in [0.29, 0.717) is 33.5 Å². The van der Waals surface area contributed by atoms with Crippen molar-refractivity contribution in [3.05, 3.63) is 70.1 Å². The fourth-order valence-corrected chi connectivity index (χ4v) is 2.85. The van der Waals surface area contributed by atoms with Crippen molar-refractivity contribution in [2.75, 3.05) is 11.2 Å². The molecule has 7 heteroatoms. The maximum atomic E-state index is 12.2. The Morgan fingerprint density at radius 3 is 2.70 bits per heavy atom. The van der Waals surface area contributed by atoms with Crippen molar-refractivity contribution in [1.82, 2.24) is 0 Å². The maximum absolute atomic E-state index is 12.2. The van der Waals surface area contributed by atoms with Crippen LogP contribution in [0.4, 0.5) is 10.5 Å². The van der Waals surface area contributed by atoms with Crippen LogP contribution in [0.3, 0.4) is 0 Å². The minimum atomic E-state index is -0.820. The first-order valence-electron chi connectivity index (χ1n) is 8.32. The molecule has 0 aliphatic carbocycles. The molecule has 0 spiro atoms. The van der Waals surface area contributed by atoms with E-state index in [-0.39, 0.29) is 12.3 Å². The van der Waals surface area contributed by atoms with Crippen LogP contribution in [0.2, 0.25) is 0 Å². The fraction of sp³-hybridized carbons (Fsp3) is 0.200. The van der Waals surface area contributed by atoms with Gasteiger partial charge in [-0.1, -0.05) is 18.2 Å². The van der Waals surface area contributed by atoms with Crippen LogP contribution in [0.25, 0.3) is 11.0 Å². The topological polar surface area (TPSA) is 88.8 Å². The summed E-state index contributed by atoms with van der Waals surface area (Å²) in [6.45, 7) is 1.78. The molecule has 0 aliphatic rings. The second-order valence-corrected chi connectivity index (χ2v) is 6.35. The summed E-state index contributed by atoms with van der Waals surface area (Å²) in [5, 5.41) is 13.0. The van der Waals surface area contributed by atoms with Gasteiger partial charge in [-0.25, -0.2) is 9.59 Å². The minimum absolute atomic E-state index is 0.0311. The fourth-order valence-electron chi connectivity index (χ4n) is 2.74. The highest BCUT2D eigenvalue weighted by Crippen LogP contribution is 2.24. The Morgan fingerprint density at radius 2 is 2.00 bits per heavy atom. The van der Waals surface area contributed by atoms with E-state index >= 15 is 0 Å². The quantitative estimate of drug-likeness (QED) is 0.512. The zero-order chi connectivity index (χ0) is 19.4. The number of amides is 1. The lowest BCUT2D eigenvalue weighted by atomic mass is 10.0. The number of hydrogen-bond donors (Lipinski definition) is 2. The largest absolute Gasteiger partial charge is 0.422 e. The zero-order valence-electron chi connectivity index (χ0n) is 14.6. The molecule has 0 saturated heterocycles. The summed E-state index contributed by atoms with van der Waals surface area (Å²) in [5.41, 5.74) is 1.33. The molecule has 0 fully saturated rings. The molecule has 2 N–H and O–H groups in total. The first-order chi connectivity index (χ1) is 13.0. The molecule has 140 valence electrons. The Morgan fingerprint density at radius 1 is 1.26 bits per heavy atom. The molecule has 0 radical (unpaired) electrons. The van der Waals surface area contributed by atoms with Gasteiger partial charge >= 0.3 is 11.7 Å². The van der Waals surface area contributed by atoms with E-state index in [1.165, 1.54) is 0 Å². The molecular formula is C20H18ClNO5. The standard InChI is InChI=1S/C20H18ClNO5/c1-12-16-8-7-13(22-20(25)26-15-5-3-2-4-6-15)9-18(16)27-19(24)17(12)10-14(23)11-21/h2-9,14,23H,10-11H2,1H3,(H,22,25). The third kappa shape index (κ3) is 4.48. The van der Waals surface area contributed by atoms with Crippen molar-refractivity contribution in [3.8, 4) is 5.75 Å². The number of hydrogen-bond acceptors (Lipinski definition) is 5. The minimum Gasteiger partial charge on any atom is -0.422 e. The Hall–Kier alpha value is -2.83. The highest BCUT2D eigenvalue weighted by molar-refractivity contribution is 6.18. The van der Waals surface area contributed by atoms with E-state index < -0.39 is 17.8 Å². The molecule has 2 aromatic carbocycles. The van der Waals surface area contributed by atoms with Gasteiger partial charge in [-0.2, -0.15) is 0 Å². The van der Waals surface area contributed by atoms with Crippen LogP contribution in [0.1, 0.15) is 11.1 Å². The Kier molecular flexibility index (Phi) is 5.78. The van der Waals surface area contributed by atoms with Gasteiger partial charge in [0.05, 0.1) is 6.10 Å². The average molecular weight is 388 g/mol. The average Bonchev–Trinajstić information content (AvgIpc) is 2.65. The summed E-state index contributed by atoms with van der Waals surface area (Å²) in [4.78, 5) is 24.2. The third-order valence-corrected chi connectivity index (χ3v) is 4.46. The van der Waals surface area contributed by atoms with Gasteiger partial charge in [0.1, 0.15) is 11.3 Å².